The quantitative estimate of drug-likeness (QED) is 0.744. The summed E-state index contributed by atoms with van der Waals surface area (Å²) in [6.07, 6.45) is 6.43. The molecule has 1 fully saturated rings. The van der Waals surface area contributed by atoms with Gasteiger partial charge in [-0.15, -0.1) is 0 Å². The van der Waals surface area contributed by atoms with E-state index in [4.69, 9.17) is 16.3 Å². The fourth-order valence-electron chi connectivity index (χ4n) is 3.70. The van der Waals surface area contributed by atoms with Crippen LogP contribution in [0.2, 0.25) is 5.02 Å². The number of amides is 2. The van der Waals surface area contributed by atoms with Crippen LogP contribution in [0.1, 0.15) is 57.1 Å². The number of carbonyl (C=O) groups excluding carboxylic acids is 2. The van der Waals surface area contributed by atoms with Crippen molar-refractivity contribution in [1.82, 2.24) is 10.6 Å². The minimum atomic E-state index is -0.559. The van der Waals surface area contributed by atoms with E-state index in [1.165, 1.54) is 19.3 Å². The van der Waals surface area contributed by atoms with Crippen molar-refractivity contribution in [3.8, 4) is 0 Å². The monoisotopic (exact) mass is 376 g/mol. The maximum Gasteiger partial charge on any atom is 0.338 e. The molecule has 2 amide bonds. The topological polar surface area (TPSA) is 67.4 Å². The molecule has 2 aliphatic rings. The summed E-state index contributed by atoms with van der Waals surface area (Å²) in [6, 6.07) is 6.30. The molecule has 5 nitrogen and oxygen atoms in total. The lowest BCUT2D eigenvalue weighted by Gasteiger charge is -2.30. The van der Waals surface area contributed by atoms with Crippen LogP contribution in [0, 0.1) is 5.92 Å². The number of nitrogens with one attached hydrogen (secondary N) is 2. The van der Waals surface area contributed by atoms with Gasteiger partial charge in [0.25, 0.3) is 0 Å². The number of allylic oxidation sites excluding steroid dienone is 1. The highest BCUT2D eigenvalue weighted by atomic mass is 35.5. The first-order valence-corrected chi connectivity index (χ1v) is 9.69. The predicted molar refractivity (Wildman–Crippen MR) is 101 cm³/mol. The van der Waals surface area contributed by atoms with E-state index >= 15 is 0 Å². The molecule has 140 valence electrons. The van der Waals surface area contributed by atoms with E-state index in [1.807, 2.05) is 19.1 Å². The van der Waals surface area contributed by atoms with Gasteiger partial charge in [0.1, 0.15) is 0 Å². The normalized spacial score (nSPS) is 21.2. The Bertz CT molecular complexity index is 711. The van der Waals surface area contributed by atoms with Gasteiger partial charge in [0.2, 0.25) is 0 Å². The Morgan fingerprint density at radius 2 is 2.04 bits per heavy atom. The lowest BCUT2D eigenvalue weighted by Crippen LogP contribution is -2.46. The summed E-state index contributed by atoms with van der Waals surface area (Å²) in [5, 5.41) is 6.13. The van der Waals surface area contributed by atoms with Gasteiger partial charge in [0.15, 0.2) is 0 Å². The van der Waals surface area contributed by atoms with Gasteiger partial charge in [-0.2, -0.15) is 0 Å². The molecule has 0 aromatic heterocycles. The van der Waals surface area contributed by atoms with Gasteiger partial charge in [-0.1, -0.05) is 49.9 Å². The van der Waals surface area contributed by atoms with E-state index in [0.29, 0.717) is 35.2 Å². The number of benzene rings is 1. The first-order valence-electron chi connectivity index (χ1n) is 9.31. The van der Waals surface area contributed by atoms with Gasteiger partial charge in [-0.05, 0) is 42.9 Å². The van der Waals surface area contributed by atoms with E-state index < -0.39 is 6.04 Å². The minimum absolute atomic E-state index is 0.323. The summed E-state index contributed by atoms with van der Waals surface area (Å²) in [6.45, 7) is 2.35. The van der Waals surface area contributed by atoms with E-state index in [2.05, 4.69) is 10.6 Å². The molecule has 0 spiro atoms. The molecule has 1 unspecified atom stereocenters. The second-order valence-electron chi connectivity index (χ2n) is 6.93. The molecule has 1 saturated carbocycles. The largest absolute Gasteiger partial charge is 0.462 e. The van der Waals surface area contributed by atoms with Crippen LogP contribution in [0.15, 0.2) is 35.5 Å². The molecule has 1 atom stereocenters. The number of carbonyl (C=O) groups is 2. The van der Waals surface area contributed by atoms with Gasteiger partial charge in [0.05, 0.1) is 18.2 Å². The van der Waals surface area contributed by atoms with Crippen molar-refractivity contribution in [1.29, 1.82) is 0 Å². The highest BCUT2D eigenvalue weighted by molar-refractivity contribution is 6.30. The highest BCUT2D eigenvalue weighted by Crippen LogP contribution is 2.31. The average Bonchev–Trinajstić information content (AvgIpc) is 2.66. The molecule has 26 heavy (non-hydrogen) atoms. The Labute approximate surface area is 159 Å². The van der Waals surface area contributed by atoms with Crippen molar-refractivity contribution in [2.45, 2.75) is 51.5 Å². The Hall–Kier alpha value is -2.01. The van der Waals surface area contributed by atoms with Crippen molar-refractivity contribution >= 4 is 23.6 Å². The predicted octanol–water partition coefficient (Wildman–Crippen LogP) is 4.48. The van der Waals surface area contributed by atoms with E-state index in [9.17, 15) is 9.59 Å². The molecule has 0 saturated heterocycles. The van der Waals surface area contributed by atoms with Crippen molar-refractivity contribution in [2.75, 3.05) is 6.61 Å². The number of halogens is 1. The number of hydrogen-bond donors (Lipinski definition) is 2. The summed E-state index contributed by atoms with van der Waals surface area (Å²) in [7, 11) is 0. The van der Waals surface area contributed by atoms with Gasteiger partial charge in [-0.3, -0.25) is 0 Å². The van der Waals surface area contributed by atoms with Crippen molar-refractivity contribution in [3.63, 3.8) is 0 Å². The van der Waals surface area contributed by atoms with Crippen LogP contribution in [-0.2, 0) is 9.53 Å². The van der Waals surface area contributed by atoms with Crippen molar-refractivity contribution in [3.05, 3.63) is 46.1 Å². The first-order chi connectivity index (χ1) is 12.6. The molecule has 0 radical (unpaired) electrons. The minimum Gasteiger partial charge on any atom is -0.462 e. The van der Waals surface area contributed by atoms with Crippen molar-refractivity contribution in [2.24, 2.45) is 5.92 Å². The summed E-state index contributed by atoms with van der Waals surface area (Å²) in [4.78, 5) is 24.9. The lowest BCUT2D eigenvalue weighted by molar-refractivity contribution is -0.141. The number of urea groups is 1. The number of ether oxygens (including phenoxy) is 1. The third-order valence-corrected chi connectivity index (χ3v) is 5.32. The Kier molecular flexibility index (Phi) is 6.20. The molecule has 1 aromatic carbocycles. The van der Waals surface area contributed by atoms with Crippen LogP contribution < -0.4 is 10.6 Å². The molecular weight excluding hydrogens is 352 g/mol. The Morgan fingerprint density at radius 3 is 2.73 bits per heavy atom. The molecule has 0 bridgehead atoms. The zero-order chi connectivity index (χ0) is 18.5. The Balaban J connectivity index is 1.82. The van der Waals surface area contributed by atoms with Crippen LogP contribution in [0.5, 0.6) is 0 Å². The molecule has 3 rings (SSSR count). The highest BCUT2D eigenvalue weighted by Gasteiger charge is 2.33. The maximum absolute atomic E-state index is 12.9. The molecule has 1 heterocycles. The summed E-state index contributed by atoms with van der Waals surface area (Å²) in [5.74, 6) is 0.0686. The molecule has 1 aliphatic heterocycles. The fraction of sp³-hybridized carbons (Fsp3) is 0.500. The summed E-state index contributed by atoms with van der Waals surface area (Å²) >= 11 is 6.10. The number of hydrogen-bond acceptors (Lipinski definition) is 3. The van der Waals surface area contributed by atoms with E-state index in [0.717, 1.165) is 18.4 Å². The van der Waals surface area contributed by atoms with Gasteiger partial charge >= 0.3 is 12.0 Å². The van der Waals surface area contributed by atoms with Crippen LogP contribution in [0.25, 0.3) is 0 Å². The molecule has 6 heteroatoms. The summed E-state index contributed by atoms with van der Waals surface area (Å²) < 4.78 is 5.65. The first kappa shape index (κ1) is 18.8. The average molecular weight is 377 g/mol. The van der Waals surface area contributed by atoms with Gasteiger partial charge in [0, 0.05) is 10.7 Å². The van der Waals surface area contributed by atoms with Crippen molar-refractivity contribution < 1.29 is 14.3 Å². The number of rotatable bonds is 5. The third-order valence-electron chi connectivity index (χ3n) is 5.08. The molecular formula is C20H25ClN2O3. The molecule has 1 aliphatic carbocycles. The van der Waals surface area contributed by atoms with Crippen LogP contribution in [0.3, 0.4) is 0 Å². The third kappa shape index (κ3) is 4.39. The smallest absolute Gasteiger partial charge is 0.338 e. The second-order valence-corrected chi connectivity index (χ2v) is 7.37. The van der Waals surface area contributed by atoms with Crippen LogP contribution >= 0.6 is 11.6 Å². The second kappa shape index (κ2) is 8.58. The fourth-order valence-corrected chi connectivity index (χ4v) is 3.90. The number of esters is 1. The van der Waals surface area contributed by atoms with Crippen LogP contribution in [0.4, 0.5) is 4.79 Å². The zero-order valence-electron chi connectivity index (χ0n) is 15.0. The van der Waals surface area contributed by atoms with E-state index in [1.54, 1.807) is 12.1 Å². The molecule has 1 aromatic rings. The maximum atomic E-state index is 12.9. The van der Waals surface area contributed by atoms with E-state index in [-0.39, 0.29) is 12.0 Å². The summed E-state index contributed by atoms with van der Waals surface area (Å²) in [5.41, 5.74) is 1.83. The van der Waals surface area contributed by atoms with Gasteiger partial charge < -0.3 is 15.4 Å². The SMILES string of the molecule is CCC1=C(C(=O)OCC2CCCCC2)C(c2cccc(Cl)c2)NC(=O)N1. The Morgan fingerprint density at radius 1 is 1.27 bits per heavy atom. The van der Waals surface area contributed by atoms with Gasteiger partial charge in [-0.25, -0.2) is 9.59 Å². The van der Waals surface area contributed by atoms with Crippen LogP contribution in [-0.4, -0.2) is 18.6 Å². The molecule has 2 N–H and O–H groups in total. The zero-order valence-corrected chi connectivity index (χ0v) is 15.8. The standard InChI is InChI=1S/C20H25ClN2O3/c1-2-16-17(19(24)26-12-13-7-4-3-5-8-13)18(23-20(25)22-16)14-9-6-10-15(21)11-14/h6,9-11,13,18H,2-5,7-8,12H2,1H3,(H2,22,23,25). The lowest BCUT2D eigenvalue weighted by atomic mass is 9.90.